The van der Waals surface area contributed by atoms with Crippen LogP contribution in [0.2, 0.25) is 0 Å². The van der Waals surface area contributed by atoms with Gasteiger partial charge in [-0.25, -0.2) is 0 Å². The molecule has 1 aliphatic carbocycles. The first-order valence-electron chi connectivity index (χ1n) is 4.86. The Labute approximate surface area is 75.5 Å². The maximum atomic E-state index is 9.90. The number of hydrogen-bond acceptors (Lipinski definition) is 1. The molecule has 0 aliphatic heterocycles. The lowest BCUT2D eigenvalue weighted by Gasteiger charge is -2.34. The first-order valence-corrected chi connectivity index (χ1v) is 4.86. The molecule has 1 nitrogen and oxygen atoms in total. The molecule has 0 aromatic heterocycles. The predicted molar refractivity (Wildman–Crippen MR) is 51.9 cm³/mol. The van der Waals surface area contributed by atoms with Crippen LogP contribution >= 0.6 is 0 Å². The number of hydrogen-bond donors (Lipinski definition) is 1. The molecule has 1 heteroatoms. The highest BCUT2D eigenvalue weighted by Crippen LogP contribution is 2.34. The van der Waals surface area contributed by atoms with Crippen LogP contribution < -0.4 is 0 Å². The second kappa shape index (κ2) is 3.21. The molecule has 1 N–H and O–H groups in total. The normalized spacial score (nSPS) is 36.8. The van der Waals surface area contributed by atoms with E-state index in [1.54, 1.807) is 0 Å². The zero-order valence-corrected chi connectivity index (χ0v) is 8.59. The summed E-state index contributed by atoms with van der Waals surface area (Å²) in [5.74, 6) is 0.951. The van der Waals surface area contributed by atoms with E-state index in [4.69, 9.17) is 0 Å². The maximum Gasteiger partial charge on any atom is 0.0682 e. The fourth-order valence-electron chi connectivity index (χ4n) is 1.69. The summed E-state index contributed by atoms with van der Waals surface area (Å²) in [6, 6.07) is 0. The lowest BCUT2D eigenvalue weighted by Crippen LogP contribution is -2.34. The van der Waals surface area contributed by atoms with E-state index < -0.39 is 5.60 Å². The molecule has 1 aliphatic rings. The van der Waals surface area contributed by atoms with Crippen LogP contribution in [0.15, 0.2) is 11.6 Å². The zero-order chi connectivity index (χ0) is 9.35. The van der Waals surface area contributed by atoms with Crippen molar-refractivity contribution in [2.75, 3.05) is 0 Å². The van der Waals surface area contributed by atoms with E-state index in [1.807, 2.05) is 6.92 Å². The average molecular weight is 168 g/mol. The fourth-order valence-corrected chi connectivity index (χ4v) is 1.69. The van der Waals surface area contributed by atoms with Gasteiger partial charge in [0.2, 0.25) is 0 Å². The Balaban J connectivity index is 2.75. The summed E-state index contributed by atoms with van der Waals surface area (Å²) in [6.07, 6.45) is 4.22. The SMILES string of the molecule is CC(C)C1=CC(C)C(C)(O)CC1. The summed E-state index contributed by atoms with van der Waals surface area (Å²) in [4.78, 5) is 0. The Bertz CT molecular complexity index is 189. The lowest BCUT2D eigenvalue weighted by molar-refractivity contribution is 0.00973. The van der Waals surface area contributed by atoms with E-state index in [0.29, 0.717) is 11.8 Å². The van der Waals surface area contributed by atoms with Crippen molar-refractivity contribution >= 4 is 0 Å². The molecule has 0 heterocycles. The molecular formula is C11H20O. The molecule has 0 saturated heterocycles. The molecule has 2 atom stereocenters. The van der Waals surface area contributed by atoms with E-state index in [1.165, 1.54) is 5.57 Å². The highest BCUT2D eigenvalue weighted by Gasteiger charge is 2.30. The van der Waals surface area contributed by atoms with Gasteiger partial charge in [-0.15, -0.1) is 0 Å². The Morgan fingerprint density at radius 2 is 2.17 bits per heavy atom. The van der Waals surface area contributed by atoms with Crippen LogP contribution in [0, 0.1) is 11.8 Å². The molecule has 1 rings (SSSR count). The van der Waals surface area contributed by atoms with Crippen molar-refractivity contribution in [1.29, 1.82) is 0 Å². The van der Waals surface area contributed by atoms with Gasteiger partial charge in [-0.3, -0.25) is 0 Å². The van der Waals surface area contributed by atoms with Crippen LogP contribution in [-0.4, -0.2) is 10.7 Å². The molecular weight excluding hydrogens is 148 g/mol. The Morgan fingerprint density at radius 1 is 1.58 bits per heavy atom. The summed E-state index contributed by atoms with van der Waals surface area (Å²) >= 11 is 0. The van der Waals surface area contributed by atoms with Gasteiger partial charge in [-0.2, -0.15) is 0 Å². The van der Waals surface area contributed by atoms with Gasteiger partial charge in [-0.05, 0) is 25.7 Å². The van der Waals surface area contributed by atoms with E-state index in [9.17, 15) is 5.11 Å². The van der Waals surface area contributed by atoms with Gasteiger partial charge in [0, 0.05) is 5.92 Å². The van der Waals surface area contributed by atoms with Gasteiger partial charge in [0.05, 0.1) is 5.60 Å². The molecule has 2 unspecified atom stereocenters. The fraction of sp³-hybridized carbons (Fsp3) is 0.818. The Morgan fingerprint density at radius 3 is 2.58 bits per heavy atom. The van der Waals surface area contributed by atoms with Gasteiger partial charge in [0.1, 0.15) is 0 Å². The minimum Gasteiger partial charge on any atom is -0.390 e. The highest BCUT2D eigenvalue weighted by atomic mass is 16.3. The summed E-state index contributed by atoms with van der Waals surface area (Å²) in [5, 5.41) is 9.90. The van der Waals surface area contributed by atoms with Crippen molar-refractivity contribution in [3.8, 4) is 0 Å². The molecule has 70 valence electrons. The first kappa shape index (κ1) is 9.79. The highest BCUT2D eigenvalue weighted by molar-refractivity contribution is 5.14. The number of allylic oxidation sites excluding steroid dienone is 1. The zero-order valence-electron chi connectivity index (χ0n) is 8.59. The first-order chi connectivity index (χ1) is 5.43. The van der Waals surface area contributed by atoms with Crippen LogP contribution in [0.5, 0.6) is 0 Å². The van der Waals surface area contributed by atoms with Crippen LogP contribution in [0.3, 0.4) is 0 Å². The molecule has 0 aromatic carbocycles. The van der Waals surface area contributed by atoms with Crippen LogP contribution in [0.4, 0.5) is 0 Å². The van der Waals surface area contributed by atoms with E-state index >= 15 is 0 Å². The minimum absolute atomic E-state index is 0.309. The minimum atomic E-state index is -0.474. The largest absolute Gasteiger partial charge is 0.390 e. The van der Waals surface area contributed by atoms with Gasteiger partial charge in [0.25, 0.3) is 0 Å². The van der Waals surface area contributed by atoms with Gasteiger partial charge in [-0.1, -0.05) is 32.4 Å². The Hall–Kier alpha value is -0.300. The second-order valence-corrected chi connectivity index (χ2v) is 4.54. The van der Waals surface area contributed by atoms with Crippen molar-refractivity contribution in [3.05, 3.63) is 11.6 Å². The van der Waals surface area contributed by atoms with Crippen molar-refractivity contribution in [1.82, 2.24) is 0 Å². The maximum absolute atomic E-state index is 9.90. The Kier molecular flexibility index (Phi) is 2.62. The van der Waals surface area contributed by atoms with Gasteiger partial charge < -0.3 is 5.11 Å². The van der Waals surface area contributed by atoms with Crippen LogP contribution in [-0.2, 0) is 0 Å². The van der Waals surface area contributed by atoms with Crippen molar-refractivity contribution in [2.45, 2.75) is 46.1 Å². The summed E-state index contributed by atoms with van der Waals surface area (Å²) in [5.41, 5.74) is 1.03. The van der Waals surface area contributed by atoms with Gasteiger partial charge in [0.15, 0.2) is 0 Å². The molecule has 12 heavy (non-hydrogen) atoms. The van der Waals surface area contributed by atoms with Crippen LogP contribution in [0.1, 0.15) is 40.5 Å². The third kappa shape index (κ3) is 1.89. The predicted octanol–water partition coefficient (Wildman–Crippen LogP) is 2.75. The topological polar surface area (TPSA) is 20.2 Å². The number of aliphatic hydroxyl groups is 1. The van der Waals surface area contributed by atoms with Crippen molar-refractivity contribution < 1.29 is 5.11 Å². The quantitative estimate of drug-likeness (QED) is 0.597. The molecule has 0 spiro atoms. The summed E-state index contributed by atoms with van der Waals surface area (Å²) in [6.45, 7) is 8.48. The van der Waals surface area contributed by atoms with E-state index in [0.717, 1.165) is 12.8 Å². The molecule has 0 amide bonds. The summed E-state index contributed by atoms with van der Waals surface area (Å²) in [7, 11) is 0. The van der Waals surface area contributed by atoms with Crippen LogP contribution in [0.25, 0.3) is 0 Å². The molecule has 0 bridgehead atoms. The van der Waals surface area contributed by atoms with Crippen molar-refractivity contribution in [3.63, 3.8) is 0 Å². The monoisotopic (exact) mass is 168 g/mol. The standard InChI is InChI=1S/C11H20O/c1-8(2)10-5-6-11(4,12)9(3)7-10/h7-9,12H,5-6H2,1-4H3. The molecule has 0 fully saturated rings. The van der Waals surface area contributed by atoms with Crippen molar-refractivity contribution in [2.24, 2.45) is 11.8 Å². The van der Waals surface area contributed by atoms with Gasteiger partial charge >= 0.3 is 0 Å². The molecule has 0 radical (unpaired) electrons. The third-order valence-electron chi connectivity index (χ3n) is 3.11. The number of rotatable bonds is 1. The van der Waals surface area contributed by atoms with E-state index in [-0.39, 0.29) is 0 Å². The average Bonchev–Trinajstić information content (AvgIpc) is 1.94. The second-order valence-electron chi connectivity index (χ2n) is 4.54. The molecule has 0 saturated carbocycles. The third-order valence-corrected chi connectivity index (χ3v) is 3.11. The smallest absolute Gasteiger partial charge is 0.0682 e. The molecule has 0 aromatic rings. The van der Waals surface area contributed by atoms with E-state index in [2.05, 4.69) is 26.8 Å². The lowest BCUT2D eigenvalue weighted by atomic mass is 9.77. The summed E-state index contributed by atoms with van der Waals surface area (Å²) < 4.78 is 0.